The van der Waals surface area contributed by atoms with Crippen LogP contribution in [0, 0.1) is 113 Å². The first-order valence-electron chi connectivity index (χ1n) is 38.8. The van der Waals surface area contributed by atoms with Gasteiger partial charge in [0.2, 0.25) is 0 Å². The van der Waals surface area contributed by atoms with Crippen LogP contribution in [0.1, 0.15) is 407 Å². The molecule has 10 atom stereocenters. The van der Waals surface area contributed by atoms with Gasteiger partial charge in [-0.15, -0.1) is 0 Å². The molecule has 0 fully saturated rings. The highest BCUT2D eigenvalue weighted by Gasteiger charge is 2.37. The van der Waals surface area contributed by atoms with Gasteiger partial charge in [0.25, 0.3) is 0 Å². The fraction of sp³-hybridized carbons (Fsp3) is 1.00. The highest BCUT2D eigenvalue weighted by atomic mass is 19.1. The standard InChI is InChI=1S/3C11H24O.2C10H22.C9H19F.3C9H20O/c3*1-7-8-12-10(3)9(2)11(4,5)6;2*1-8(9(2,3)4)10(5,6)7;4*1-7(8(2,3)4)9(5,6)10/h3*9-10H,7-8H2,1-6H3;2*8H,1-7H3;7H,1-6H3;3*7,10H,1-6H3/t2*9-,10+;9-,10-;;;4*7-/m100..1100/s1. The molecular formula is C89H195FO6. The molecule has 0 bridgehead atoms. The zero-order valence-electron chi connectivity index (χ0n) is 77.6. The molecule has 594 valence electrons. The normalized spacial score (nSPS) is 16.7. The number of hydrogen-bond donors (Lipinski definition) is 3. The molecule has 0 radical (unpaired) electrons. The van der Waals surface area contributed by atoms with Crippen LogP contribution >= 0.6 is 0 Å². The zero-order chi connectivity index (χ0) is 80.8. The molecule has 0 aromatic heterocycles. The summed E-state index contributed by atoms with van der Waals surface area (Å²) >= 11 is 0. The van der Waals surface area contributed by atoms with Crippen molar-refractivity contribution in [1.82, 2.24) is 0 Å². The predicted molar refractivity (Wildman–Crippen MR) is 438 cm³/mol. The van der Waals surface area contributed by atoms with Gasteiger partial charge in [0.15, 0.2) is 0 Å². The van der Waals surface area contributed by atoms with E-state index in [2.05, 4.69) is 325 Å². The average molecular weight is 1380 g/mol. The monoisotopic (exact) mass is 1380 g/mol. The van der Waals surface area contributed by atoms with Gasteiger partial charge >= 0.3 is 0 Å². The molecule has 0 spiro atoms. The predicted octanol–water partition coefficient (Wildman–Crippen LogP) is 28.6. The van der Waals surface area contributed by atoms with Crippen LogP contribution in [0.25, 0.3) is 0 Å². The first-order chi connectivity index (χ1) is 41.1. The van der Waals surface area contributed by atoms with Gasteiger partial charge in [0, 0.05) is 19.8 Å². The van der Waals surface area contributed by atoms with Crippen LogP contribution in [0.5, 0.6) is 0 Å². The topological polar surface area (TPSA) is 88.4 Å². The minimum Gasteiger partial charge on any atom is -0.390 e. The number of ether oxygens (including phenoxy) is 3. The van der Waals surface area contributed by atoms with Crippen molar-refractivity contribution in [3.05, 3.63) is 0 Å². The van der Waals surface area contributed by atoms with Gasteiger partial charge in [0.05, 0.1) is 35.1 Å². The number of halogens is 1. The Balaban J connectivity index is -0.000000127. The maximum absolute atomic E-state index is 13.3. The summed E-state index contributed by atoms with van der Waals surface area (Å²) in [5.41, 5.74) is 0.750. The van der Waals surface area contributed by atoms with Gasteiger partial charge in [-0.05, 0) is 208 Å². The smallest absolute Gasteiger partial charge is 0.108 e. The Morgan fingerprint density at radius 1 is 0.219 bits per heavy atom. The van der Waals surface area contributed by atoms with Crippen LogP contribution in [0.3, 0.4) is 0 Å². The lowest BCUT2D eigenvalue weighted by Gasteiger charge is -2.38. The van der Waals surface area contributed by atoms with Crippen LogP contribution in [0.15, 0.2) is 0 Å². The molecule has 0 aromatic carbocycles. The molecule has 0 saturated heterocycles. The molecule has 96 heavy (non-hydrogen) atoms. The van der Waals surface area contributed by atoms with E-state index in [4.69, 9.17) is 14.2 Å². The summed E-state index contributed by atoms with van der Waals surface area (Å²) in [6, 6.07) is 0. The molecule has 0 rings (SSSR count). The minimum absolute atomic E-state index is 0.0677. The zero-order valence-corrected chi connectivity index (χ0v) is 77.6. The first kappa shape index (κ1) is 114. The Kier molecular flexibility index (Phi) is 54.5. The summed E-state index contributed by atoms with van der Waals surface area (Å²) in [7, 11) is 0. The summed E-state index contributed by atoms with van der Waals surface area (Å²) in [5, 5.41) is 28.9. The van der Waals surface area contributed by atoms with Crippen molar-refractivity contribution in [2.75, 3.05) is 19.8 Å². The van der Waals surface area contributed by atoms with Gasteiger partial charge in [-0.2, -0.15) is 0 Å². The van der Waals surface area contributed by atoms with Gasteiger partial charge in [-0.3, -0.25) is 0 Å². The van der Waals surface area contributed by atoms with Crippen molar-refractivity contribution in [2.45, 2.75) is 448 Å². The highest BCUT2D eigenvalue weighted by Crippen LogP contribution is 2.42. The molecule has 0 saturated carbocycles. The lowest BCUT2D eigenvalue weighted by atomic mass is 9.68. The van der Waals surface area contributed by atoms with Crippen LogP contribution in [0.2, 0.25) is 0 Å². The molecule has 0 amide bonds. The largest absolute Gasteiger partial charge is 0.390 e. The van der Waals surface area contributed by atoms with Crippen LogP contribution in [-0.2, 0) is 14.2 Å². The number of aliphatic hydroxyl groups is 3. The molecule has 7 heteroatoms. The van der Waals surface area contributed by atoms with E-state index < -0.39 is 22.5 Å². The summed E-state index contributed by atoms with van der Waals surface area (Å²) in [4.78, 5) is 0. The molecule has 0 unspecified atom stereocenters. The quantitative estimate of drug-likeness (QED) is 0.143. The average Bonchev–Trinajstić information content (AvgIpc) is 1.44. The van der Waals surface area contributed by atoms with E-state index >= 15 is 0 Å². The Bertz CT molecular complexity index is 1420. The number of hydrogen-bond acceptors (Lipinski definition) is 6. The van der Waals surface area contributed by atoms with Crippen molar-refractivity contribution in [3.8, 4) is 0 Å². The Morgan fingerprint density at radius 3 is 0.385 bits per heavy atom. The lowest BCUT2D eigenvalue weighted by Crippen LogP contribution is -2.37. The second-order valence-electron chi connectivity index (χ2n) is 44.0. The molecule has 3 N–H and O–H groups in total. The molecule has 0 aliphatic heterocycles. The second-order valence-corrected chi connectivity index (χ2v) is 44.0. The van der Waals surface area contributed by atoms with Crippen molar-refractivity contribution in [3.63, 3.8) is 0 Å². The molecule has 0 aromatic rings. The van der Waals surface area contributed by atoms with E-state index in [1.165, 1.54) is 0 Å². The van der Waals surface area contributed by atoms with Crippen molar-refractivity contribution < 1.29 is 33.9 Å². The Labute approximate surface area is 611 Å². The maximum atomic E-state index is 13.3. The molecule has 6 nitrogen and oxygen atoms in total. The number of alkyl halides is 1. The maximum Gasteiger partial charge on any atom is 0.108 e. The van der Waals surface area contributed by atoms with Crippen molar-refractivity contribution in [2.24, 2.45) is 113 Å². The van der Waals surface area contributed by atoms with E-state index in [0.29, 0.717) is 91.7 Å². The summed E-state index contributed by atoms with van der Waals surface area (Å²) in [6.07, 6.45) is 4.48. The van der Waals surface area contributed by atoms with E-state index in [-0.39, 0.29) is 27.6 Å². The van der Waals surface area contributed by atoms with Crippen molar-refractivity contribution >= 4 is 0 Å². The van der Waals surface area contributed by atoms with Crippen LogP contribution in [0.4, 0.5) is 4.39 Å². The van der Waals surface area contributed by atoms with E-state index in [0.717, 1.165) is 50.9 Å². The first-order valence-corrected chi connectivity index (χ1v) is 38.8. The van der Waals surface area contributed by atoms with Crippen LogP contribution < -0.4 is 0 Å². The lowest BCUT2D eigenvalue weighted by molar-refractivity contribution is -0.0233. The van der Waals surface area contributed by atoms with Gasteiger partial charge in [-0.1, -0.05) is 312 Å². The van der Waals surface area contributed by atoms with Gasteiger partial charge in [0.1, 0.15) is 5.67 Å². The van der Waals surface area contributed by atoms with Gasteiger partial charge in [-0.25, -0.2) is 4.39 Å². The molecular weight excluding hydrogens is 1180 g/mol. The summed E-state index contributed by atoms with van der Waals surface area (Å²) in [6.45, 7) is 123. The van der Waals surface area contributed by atoms with E-state index in [9.17, 15) is 19.7 Å². The van der Waals surface area contributed by atoms with Crippen LogP contribution in [-0.4, -0.2) is 75.9 Å². The summed E-state index contributed by atoms with van der Waals surface area (Å²) < 4.78 is 30.3. The molecule has 0 aliphatic carbocycles. The fourth-order valence-electron chi connectivity index (χ4n) is 10.3. The fourth-order valence-corrected chi connectivity index (χ4v) is 10.3. The highest BCUT2D eigenvalue weighted by molar-refractivity contribution is 4.87. The second kappa shape index (κ2) is 45.8. The third-order valence-electron chi connectivity index (χ3n) is 22.6. The van der Waals surface area contributed by atoms with E-state index in [1.54, 1.807) is 13.8 Å². The molecule has 0 aliphatic rings. The third-order valence-corrected chi connectivity index (χ3v) is 22.6. The van der Waals surface area contributed by atoms with Crippen molar-refractivity contribution in [1.29, 1.82) is 0 Å². The Morgan fingerprint density at radius 2 is 0.344 bits per heavy atom. The number of rotatable bonds is 16. The molecule has 0 heterocycles. The minimum atomic E-state index is -1.06. The van der Waals surface area contributed by atoms with E-state index in [1.807, 2.05) is 48.5 Å². The summed E-state index contributed by atoms with van der Waals surface area (Å²) in [5.74, 6) is 4.43. The van der Waals surface area contributed by atoms with Gasteiger partial charge < -0.3 is 29.5 Å². The SMILES string of the molecule is CC(C(C)(C)C)C(C)(C)C.CC(C(C)(C)C)C(C)(C)C.CCCO[C@@H](C)[C@@H](C)C(C)(C)C.CCCO[C@@H](C)[C@H](C)C(C)(C)C.CCCO[C@H](C)[C@H](C)C(C)(C)C.C[C@@H](C(C)(C)C)C(C)(C)O.C[C@@H](C(C)(C)C)C(C)(C)O.C[C@H](C(C)(C)C)C(C)(C)F.C[C@H](C(C)(C)C)C(C)(C)O. The Hall–Kier alpha value is -0.310. The third kappa shape index (κ3) is 62.3.